The van der Waals surface area contributed by atoms with Crippen molar-refractivity contribution in [3.63, 3.8) is 0 Å². The first-order chi connectivity index (χ1) is 17.1. The molecule has 0 radical (unpaired) electrons. The molecule has 35 heavy (non-hydrogen) atoms. The summed E-state index contributed by atoms with van der Waals surface area (Å²) in [4.78, 5) is 28.5. The summed E-state index contributed by atoms with van der Waals surface area (Å²) in [5.41, 5.74) is 2.91. The van der Waals surface area contributed by atoms with E-state index in [0.29, 0.717) is 18.7 Å². The molecule has 184 valence electrons. The molecule has 0 bridgehead atoms. The molecule has 3 aromatic rings. The summed E-state index contributed by atoms with van der Waals surface area (Å²) in [6.07, 6.45) is 2.26. The van der Waals surface area contributed by atoms with Gasteiger partial charge in [0.1, 0.15) is 11.9 Å². The molecule has 0 saturated heterocycles. The maximum Gasteiger partial charge on any atom is 0.243 e. The quantitative estimate of drug-likeness (QED) is 0.315. The topological polar surface area (TPSA) is 49.4 Å². The van der Waals surface area contributed by atoms with Crippen LogP contribution in [0.5, 0.6) is 0 Å². The van der Waals surface area contributed by atoms with Crippen LogP contribution in [-0.2, 0) is 28.3 Å². The lowest BCUT2D eigenvalue weighted by atomic mass is 10.0. The van der Waals surface area contributed by atoms with Crippen molar-refractivity contribution in [2.24, 2.45) is 0 Å². The highest BCUT2D eigenvalue weighted by Gasteiger charge is 2.30. The number of carbonyl (C=O) groups excluding carboxylic acids is 2. The van der Waals surface area contributed by atoms with E-state index >= 15 is 0 Å². The summed E-state index contributed by atoms with van der Waals surface area (Å²) in [6, 6.07) is 25.2. The van der Waals surface area contributed by atoms with Gasteiger partial charge in [-0.15, -0.1) is 11.8 Å². The summed E-state index contributed by atoms with van der Waals surface area (Å²) in [5.74, 6) is 0.364. The largest absolute Gasteiger partial charge is 0.354 e. The maximum atomic E-state index is 13.5. The van der Waals surface area contributed by atoms with Gasteiger partial charge in [0.05, 0.1) is 5.75 Å². The molecule has 1 N–H and O–H groups in total. The second-order valence-corrected chi connectivity index (χ2v) is 9.46. The lowest BCUT2D eigenvalue weighted by Gasteiger charge is -2.31. The first-order valence-corrected chi connectivity index (χ1v) is 13.2. The number of halogens is 1. The van der Waals surface area contributed by atoms with E-state index < -0.39 is 6.04 Å². The smallest absolute Gasteiger partial charge is 0.243 e. The zero-order chi connectivity index (χ0) is 24.9. The van der Waals surface area contributed by atoms with Crippen LogP contribution >= 0.6 is 11.8 Å². The summed E-state index contributed by atoms with van der Waals surface area (Å²) in [7, 11) is 0. The van der Waals surface area contributed by atoms with Gasteiger partial charge in [0.2, 0.25) is 11.8 Å². The van der Waals surface area contributed by atoms with Gasteiger partial charge in [0.25, 0.3) is 0 Å². The SMILES string of the molecule is CCCCNC(=O)[C@@H](Cc1ccccc1)N(Cc1ccc(F)cc1)C(=O)CSCc1ccccc1. The molecule has 0 unspecified atom stereocenters. The Morgan fingerprint density at radius 3 is 2.14 bits per heavy atom. The van der Waals surface area contributed by atoms with Gasteiger partial charge in [-0.1, -0.05) is 86.1 Å². The fourth-order valence-electron chi connectivity index (χ4n) is 3.76. The highest BCUT2D eigenvalue weighted by molar-refractivity contribution is 7.99. The molecule has 0 aliphatic rings. The normalized spacial score (nSPS) is 11.6. The van der Waals surface area contributed by atoms with Crippen molar-refractivity contribution in [1.29, 1.82) is 0 Å². The van der Waals surface area contributed by atoms with E-state index in [1.54, 1.807) is 17.0 Å². The number of carbonyl (C=O) groups is 2. The van der Waals surface area contributed by atoms with Gasteiger partial charge in [0.15, 0.2) is 0 Å². The molecule has 0 spiro atoms. The second-order valence-electron chi connectivity index (χ2n) is 8.48. The van der Waals surface area contributed by atoms with Gasteiger partial charge >= 0.3 is 0 Å². The molecule has 0 aliphatic heterocycles. The number of amides is 2. The monoisotopic (exact) mass is 492 g/mol. The second kappa shape index (κ2) is 14.3. The third kappa shape index (κ3) is 8.87. The molecule has 1 atom stereocenters. The van der Waals surface area contributed by atoms with Gasteiger partial charge in [0, 0.05) is 25.3 Å². The number of rotatable bonds is 13. The average molecular weight is 493 g/mol. The minimum atomic E-state index is -0.663. The lowest BCUT2D eigenvalue weighted by molar-refractivity contribution is -0.139. The maximum absolute atomic E-state index is 13.5. The van der Waals surface area contributed by atoms with Gasteiger partial charge < -0.3 is 10.2 Å². The molecule has 6 heteroatoms. The molecular formula is C29H33FN2O2S. The Kier molecular flexibility index (Phi) is 10.8. The predicted molar refractivity (Wildman–Crippen MR) is 141 cm³/mol. The Morgan fingerprint density at radius 2 is 1.51 bits per heavy atom. The van der Waals surface area contributed by atoms with E-state index in [4.69, 9.17) is 0 Å². The average Bonchev–Trinajstić information content (AvgIpc) is 2.88. The Labute approximate surface area is 211 Å². The van der Waals surface area contributed by atoms with Crippen molar-refractivity contribution in [2.75, 3.05) is 12.3 Å². The van der Waals surface area contributed by atoms with E-state index in [9.17, 15) is 14.0 Å². The standard InChI is InChI=1S/C29H33FN2O2S/c1-2-3-18-31-29(34)27(19-23-10-6-4-7-11-23)32(20-24-14-16-26(30)17-15-24)28(33)22-35-21-25-12-8-5-9-13-25/h4-17,27H,2-3,18-22H2,1H3,(H,31,34)/t27-/m1/s1. The molecule has 0 aliphatic carbocycles. The van der Waals surface area contributed by atoms with Gasteiger partial charge in [-0.25, -0.2) is 4.39 Å². The van der Waals surface area contributed by atoms with Crippen LogP contribution in [0.3, 0.4) is 0 Å². The molecule has 0 saturated carbocycles. The third-order valence-electron chi connectivity index (χ3n) is 5.70. The van der Waals surface area contributed by atoms with Crippen molar-refractivity contribution < 1.29 is 14.0 Å². The highest BCUT2D eigenvalue weighted by Crippen LogP contribution is 2.19. The van der Waals surface area contributed by atoms with Crippen LogP contribution in [0.4, 0.5) is 4.39 Å². The third-order valence-corrected chi connectivity index (χ3v) is 6.69. The lowest BCUT2D eigenvalue weighted by Crippen LogP contribution is -2.51. The molecule has 0 fully saturated rings. The van der Waals surface area contributed by atoms with Crippen LogP contribution in [0, 0.1) is 5.82 Å². The number of benzene rings is 3. The number of hydrogen-bond donors (Lipinski definition) is 1. The molecule has 3 rings (SSSR count). The summed E-state index contributed by atoms with van der Waals surface area (Å²) >= 11 is 1.53. The van der Waals surface area contributed by atoms with Crippen molar-refractivity contribution in [1.82, 2.24) is 10.2 Å². The minimum absolute atomic E-state index is 0.109. The van der Waals surface area contributed by atoms with Gasteiger partial charge in [-0.05, 0) is 35.2 Å². The zero-order valence-electron chi connectivity index (χ0n) is 20.2. The van der Waals surface area contributed by atoms with E-state index in [0.717, 1.165) is 29.5 Å². The molecule has 3 aromatic carbocycles. The summed E-state index contributed by atoms with van der Waals surface area (Å²) in [5, 5.41) is 3.02. The van der Waals surface area contributed by atoms with Gasteiger partial charge in [-0.3, -0.25) is 9.59 Å². The Bertz CT molecular complexity index is 1050. The molecule has 2 amide bonds. The molecular weight excluding hydrogens is 459 g/mol. The zero-order valence-corrected chi connectivity index (χ0v) is 21.0. The Balaban J connectivity index is 1.82. The van der Waals surface area contributed by atoms with E-state index in [-0.39, 0.29) is 29.9 Å². The number of thioether (sulfide) groups is 1. The van der Waals surface area contributed by atoms with Crippen LogP contribution in [-0.4, -0.2) is 35.1 Å². The van der Waals surface area contributed by atoms with Gasteiger partial charge in [-0.2, -0.15) is 0 Å². The van der Waals surface area contributed by atoms with Crippen molar-refractivity contribution in [2.45, 2.75) is 44.5 Å². The van der Waals surface area contributed by atoms with Crippen LogP contribution in [0.2, 0.25) is 0 Å². The fourth-order valence-corrected chi connectivity index (χ4v) is 4.63. The Hall–Kier alpha value is -3.12. The van der Waals surface area contributed by atoms with E-state index in [2.05, 4.69) is 12.2 Å². The van der Waals surface area contributed by atoms with E-state index in [1.165, 1.54) is 23.9 Å². The molecule has 4 nitrogen and oxygen atoms in total. The first-order valence-electron chi connectivity index (χ1n) is 12.0. The number of hydrogen-bond acceptors (Lipinski definition) is 3. The van der Waals surface area contributed by atoms with Crippen LogP contribution in [0.25, 0.3) is 0 Å². The number of nitrogens with one attached hydrogen (secondary N) is 1. The van der Waals surface area contributed by atoms with Crippen LogP contribution in [0.15, 0.2) is 84.9 Å². The van der Waals surface area contributed by atoms with Crippen molar-refractivity contribution >= 4 is 23.6 Å². The highest BCUT2D eigenvalue weighted by atomic mass is 32.2. The number of nitrogens with zero attached hydrogens (tertiary/aromatic N) is 1. The van der Waals surface area contributed by atoms with Crippen molar-refractivity contribution in [3.8, 4) is 0 Å². The Morgan fingerprint density at radius 1 is 0.886 bits per heavy atom. The molecule has 0 aromatic heterocycles. The first kappa shape index (κ1) is 26.5. The van der Waals surface area contributed by atoms with E-state index in [1.807, 2.05) is 60.7 Å². The van der Waals surface area contributed by atoms with Crippen LogP contribution in [0.1, 0.15) is 36.5 Å². The fraction of sp³-hybridized carbons (Fsp3) is 0.310. The number of unbranched alkanes of at least 4 members (excludes halogenated alkanes) is 1. The summed E-state index contributed by atoms with van der Waals surface area (Å²) in [6.45, 7) is 2.88. The molecule has 0 heterocycles. The summed E-state index contributed by atoms with van der Waals surface area (Å²) < 4.78 is 13.5. The predicted octanol–water partition coefficient (Wildman–Crippen LogP) is 5.62. The van der Waals surface area contributed by atoms with Crippen molar-refractivity contribution in [3.05, 3.63) is 107 Å². The van der Waals surface area contributed by atoms with Crippen LogP contribution < -0.4 is 5.32 Å². The minimum Gasteiger partial charge on any atom is -0.354 e.